The smallest absolute Gasteiger partial charge is 0.456 e. The van der Waals surface area contributed by atoms with Crippen molar-refractivity contribution in [3.05, 3.63) is 54.9 Å². The Morgan fingerprint density at radius 3 is 2.19 bits per heavy atom. The van der Waals surface area contributed by atoms with Crippen LogP contribution in [0.3, 0.4) is 0 Å². The predicted octanol–water partition coefficient (Wildman–Crippen LogP) is 5.09. The summed E-state index contributed by atoms with van der Waals surface area (Å²) in [5.74, 6) is 0.557. The summed E-state index contributed by atoms with van der Waals surface area (Å²) >= 11 is 0. The van der Waals surface area contributed by atoms with Gasteiger partial charge in [-0.2, -0.15) is 0 Å². The standard InChI is InChI=1S/C24H21BN2O4/c1-23(2)24(3,4)31-25(30-23)15-5-6-17-16(13-15)20-18(28-17)7-8-19-21(20)27-22(29-19)14-9-11-26-12-10-14/h5-13H,1-4H3. The van der Waals surface area contributed by atoms with Crippen molar-refractivity contribution in [3.8, 4) is 11.5 Å². The molecule has 1 saturated heterocycles. The molecule has 1 aliphatic rings. The topological polar surface area (TPSA) is 70.5 Å². The number of hydrogen-bond donors (Lipinski definition) is 0. The van der Waals surface area contributed by atoms with Gasteiger partial charge in [-0.05, 0) is 63.5 Å². The molecule has 0 saturated carbocycles. The molecule has 0 unspecified atom stereocenters. The lowest BCUT2D eigenvalue weighted by atomic mass is 9.78. The highest BCUT2D eigenvalue weighted by Crippen LogP contribution is 2.38. The summed E-state index contributed by atoms with van der Waals surface area (Å²) in [5.41, 5.74) is 4.07. The first-order valence-electron chi connectivity index (χ1n) is 10.3. The molecule has 7 heteroatoms. The molecule has 6 nitrogen and oxygen atoms in total. The summed E-state index contributed by atoms with van der Waals surface area (Å²) in [5, 5.41) is 1.89. The molecule has 1 fully saturated rings. The van der Waals surface area contributed by atoms with Gasteiger partial charge in [0.05, 0.1) is 16.6 Å². The van der Waals surface area contributed by atoms with Crippen LogP contribution in [0.1, 0.15) is 27.7 Å². The van der Waals surface area contributed by atoms with Gasteiger partial charge in [-0.25, -0.2) is 4.98 Å². The number of benzene rings is 2. The third-order valence-corrected chi connectivity index (χ3v) is 6.47. The summed E-state index contributed by atoms with van der Waals surface area (Å²) in [4.78, 5) is 8.86. The van der Waals surface area contributed by atoms with Gasteiger partial charge in [0.15, 0.2) is 5.58 Å². The van der Waals surface area contributed by atoms with E-state index in [1.165, 1.54) is 0 Å². The average Bonchev–Trinajstić information content (AvgIpc) is 3.39. The van der Waals surface area contributed by atoms with Gasteiger partial charge in [-0.15, -0.1) is 0 Å². The summed E-state index contributed by atoms with van der Waals surface area (Å²) in [6.45, 7) is 8.22. The molecule has 6 rings (SSSR count). The Hall–Kier alpha value is -3.16. The lowest BCUT2D eigenvalue weighted by Crippen LogP contribution is -2.41. The Morgan fingerprint density at radius 2 is 1.45 bits per heavy atom. The molecule has 1 aliphatic heterocycles. The second-order valence-corrected chi connectivity index (χ2v) is 8.99. The molecule has 0 radical (unpaired) electrons. The van der Waals surface area contributed by atoms with E-state index in [1.807, 2.05) is 36.4 Å². The minimum Gasteiger partial charge on any atom is -0.456 e. The van der Waals surface area contributed by atoms with Crippen LogP contribution in [0.15, 0.2) is 63.7 Å². The third kappa shape index (κ3) is 2.73. The van der Waals surface area contributed by atoms with E-state index in [9.17, 15) is 0 Å². The highest BCUT2D eigenvalue weighted by Gasteiger charge is 2.51. The number of pyridine rings is 1. The Balaban J connectivity index is 1.53. The van der Waals surface area contributed by atoms with Gasteiger partial charge >= 0.3 is 7.12 Å². The molecular weight excluding hydrogens is 391 g/mol. The van der Waals surface area contributed by atoms with Gasteiger partial charge in [0.2, 0.25) is 5.89 Å². The molecule has 4 heterocycles. The first-order chi connectivity index (χ1) is 14.8. The summed E-state index contributed by atoms with van der Waals surface area (Å²) in [6.07, 6.45) is 3.45. The molecule has 0 spiro atoms. The van der Waals surface area contributed by atoms with Crippen molar-refractivity contribution in [1.29, 1.82) is 0 Å². The van der Waals surface area contributed by atoms with Crippen molar-refractivity contribution >= 4 is 45.6 Å². The Kier molecular flexibility index (Phi) is 3.71. The maximum Gasteiger partial charge on any atom is 0.494 e. The molecule has 31 heavy (non-hydrogen) atoms. The largest absolute Gasteiger partial charge is 0.494 e. The second kappa shape index (κ2) is 6.18. The first-order valence-corrected chi connectivity index (χ1v) is 10.3. The van der Waals surface area contributed by atoms with Gasteiger partial charge in [0.25, 0.3) is 0 Å². The molecule has 0 aliphatic carbocycles. The summed E-state index contributed by atoms with van der Waals surface area (Å²) in [6, 6.07) is 13.6. The van der Waals surface area contributed by atoms with E-state index in [0.29, 0.717) is 11.5 Å². The van der Waals surface area contributed by atoms with Crippen LogP contribution >= 0.6 is 0 Å². The number of hydrogen-bond acceptors (Lipinski definition) is 6. The molecule has 5 aromatic rings. The monoisotopic (exact) mass is 412 g/mol. The molecule has 0 amide bonds. The van der Waals surface area contributed by atoms with Crippen LogP contribution in [0.25, 0.3) is 44.5 Å². The predicted molar refractivity (Wildman–Crippen MR) is 120 cm³/mol. The molecular formula is C24H21BN2O4. The lowest BCUT2D eigenvalue weighted by Gasteiger charge is -2.32. The van der Waals surface area contributed by atoms with Crippen molar-refractivity contribution in [2.24, 2.45) is 0 Å². The maximum atomic E-state index is 6.24. The van der Waals surface area contributed by atoms with Crippen LogP contribution in [0.4, 0.5) is 0 Å². The van der Waals surface area contributed by atoms with E-state index in [4.69, 9.17) is 23.1 Å². The zero-order chi connectivity index (χ0) is 21.4. The van der Waals surface area contributed by atoms with Gasteiger partial charge in [0.1, 0.15) is 16.7 Å². The van der Waals surface area contributed by atoms with Crippen LogP contribution in [-0.2, 0) is 9.31 Å². The lowest BCUT2D eigenvalue weighted by molar-refractivity contribution is 0.00578. The molecule has 3 aromatic heterocycles. The second-order valence-electron chi connectivity index (χ2n) is 8.99. The number of fused-ring (bicyclic) bond motifs is 5. The number of rotatable bonds is 2. The van der Waals surface area contributed by atoms with Crippen molar-refractivity contribution in [1.82, 2.24) is 9.97 Å². The molecule has 154 valence electrons. The zero-order valence-electron chi connectivity index (χ0n) is 17.8. The van der Waals surface area contributed by atoms with E-state index in [0.717, 1.165) is 38.5 Å². The quantitative estimate of drug-likeness (QED) is 0.376. The molecule has 0 atom stereocenters. The fourth-order valence-corrected chi connectivity index (χ4v) is 4.01. The summed E-state index contributed by atoms with van der Waals surface area (Å²) in [7, 11) is -0.441. The highest BCUT2D eigenvalue weighted by atomic mass is 16.7. The van der Waals surface area contributed by atoms with Gasteiger partial charge < -0.3 is 18.1 Å². The Morgan fingerprint density at radius 1 is 0.774 bits per heavy atom. The van der Waals surface area contributed by atoms with Crippen LogP contribution < -0.4 is 5.46 Å². The Bertz CT molecular complexity index is 1440. The average molecular weight is 412 g/mol. The molecule has 2 aromatic carbocycles. The van der Waals surface area contributed by atoms with Crippen molar-refractivity contribution < 1.29 is 18.1 Å². The first kappa shape index (κ1) is 18.6. The van der Waals surface area contributed by atoms with E-state index < -0.39 is 18.3 Å². The Labute approximate surface area is 179 Å². The summed E-state index contributed by atoms with van der Waals surface area (Å²) < 4.78 is 24.6. The van der Waals surface area contributed by atoms with Gasteiger partial charge in [-0.3, -0.25) is 4.98 Å². The minimum atomic E-state index is -0.441. The van der Waals surface area contributed by atoms with Crippen molar-refractivity contribution in [2.75, 3.05) is 0 Å². The number of aromatic nitrogens is 2. The molecule has 0 bridgehead atoms. The van der Waals surface area contributed by atoms with E-state index in [2.05, 4.69) is 38.7 Å². The highest BCUT2D eigenvalue weighted by molar-refractivity contribution is 6.62. The van der Waals surface area contributed by atoms with Crippen LogP contribution in [-0.4, -0.2) is 28.3 Å². The molecule has 0 N–H and O–H groups in total. The fourth-order valence-electron chi connectivity index (χ4n) is 4.01. The van der Waals surface area contributed by atoms with E-state index in [1.54, 1.807) is 12.4 Å². The van der Waals surface area contributed by atoms with E-state index in [-0.39, 0.29) is 0 Å². The number of oxazole rings is 1. The normalized spacial score (nSPS) is 17.9. The van der Waals surface area contributed by atoms with Gasteiger partial charge in [-0.1, -0.05) is 12.1 Å². The van der Waals surface area contributed by atoms with Gasteiger partial charge in [0, 0.05) is 23.3 Å². The van der Waals surface area contributed by atoms with Crippen molar-refractivity contribution in [3.63, 3.8) is 0 Å². The fraction of sp³-hybridized carbons (Fsp3) is 0.250. The SMILES string of the molecule is CC1(C)OB(c2ccc3oc4ccc5oc(-c6ccncc6)nc5c4c3c2)OC1(C)C. The maximum absolute atomic E-state index is 6.24. The van der Waals surface area contributed by atoms with Crippen molar-refractivity contribution in [2.45, 2.75) is 38.9 Å². The van der Waals surface area contributed by atoms with Crippen LogP contribution in [0.2, 0.25) is 0 Å². The van der Waals surface area contributed by atoms with Crippen LogP contribution in [0, 0.1) is 0 Å². The number of furan rings is 1. The minimum absolute atomic E-state index is 0.399. The zero-order valence-corrected chi connectivity index (χ0v) is 17.8. The third-order valence-electron chi connectivity index (χ3n) is 6.47. The van der Waals surface area contributed by atoms with E-state index >= 15 is 0 Å². The van der Waals surface area contributed by atoms with Crippen LogP contribution in [0.5, 0.6) is 0 Å². The number of nitrogens with zero attached hydrogens (tertiary/aromatic N) is 2.